The van der Waals surface area contributed by atoms with Gasteiger partial charge in [-0.1, -0.05) is 24.3 Å². The van der Waals surface area contributed by atoms with Crippen molar-refractivity contribution in [1.29, 1.82) is 0 Å². The summed E-state index contributed by atoms with van der Waals surface area (Å²) in [6, 6.07) is 14.4. The lowest BCUT2D eigenvalue weighted by atomic mass is 9.91. The van der Waals surface area contributed by atoms with E-state index >= 15 is 0 Å². The molecule has 0 bridgehead atoms. The molecule has 0 spiro atoms. The lowest BCUT2D eigenvalue weighted by Gasteiger charge is -2.22. The minimum Gasteiger partial charge on any atom is -0.491 e. The third kappa shape index (κ3) is 6.25. The topological polar surface area (TPSA) is 47.6 Å². The second-order valence-corrected chi connectivity index (χ2v) is 8.07. The van der Waals surface area contributed by atoms with Gasteiger partial charge in [0, 0.05) is 6.54 Å². The number of amides is 1. The third-order valence-electron chi connectivity index (χ3n) is 5.24. The molecule has 4 nitrogen and oxygen atoms in total. The Bertz CT molecular complexity index is 815. The zero-order chi connectivity index (χ0) is 20.6. The fourth-order valence-electron chi connectivity index (χ4n) is 3.79. The number of benzene rings is 2. The fraction of sp³-hybridized carbons (Fsp3) is 0.480. The van der Waals surface area contributed by atoms with Gasteiger partial charge in [0.05, 0.1) is 6.10 Å². The van der Waals surface area contributed by atoms with Gasteiger partial charge in [0.1, 0.15) is 11.5 Å². The van der Waals surface area contributed by atoms with Crippen LogP contribution in [-0.2, 0) is 24.1 Å². The second kappa shape index (κ2) is 10.3. The van der Waals surface area contributed by atoms with Crippen LogP contribution in [0.4, 0.5) is 0 Å². The van der Waals surface area contributed by atoms with Crippen LogP contribution in [0.25, 0.3) is 0 Å². The summed E-state index contributed by atoms with van der Waals surface area (Å²) in [7, 11) is 0. The monoisotopic (exact) mass is 395 g/mol. The van der Waals surface area contributed by atoms with Crippen molar-refractivity contribution in [2.24, 2.45) is 0 Å². The number of rotatable bonds is 9. The van der Waals surface area contributed by atoms with Crippen LogP contribution in [0.2, 0.25) is 0 Å². The summed E-state index contributed by atoms with van der Waals surface area (Å²) < 4.78 is 11.8. The van der Waals surface area contributed by atoms with Crippen LogP contribution >= 0.6 is 0 Å². The highest BCUT2D eigenvalue weighted by molar-refractivity contribution is 5.80. The van der Waals surface area contributed by atoms with E-state index in [0.717, 1.165) is 37.2 Å². The van der Waals surface area contributed by atoms with Crippen molar-refractivity contribution in [3.63, 3.8) is 0 Å². The Hall–Kier alpha value is -2.49. The highest BCUT2D eigenvalue weighted by atomic mass is 16.5. The van der Waals surface area contributed by atoms with E-state index in [0.29, 0.717) is 6.54 Å². The lowest BCUT2D eigenvalue weighted by Crippen LogP contribution is -2.37. The molecule has 0 heterocycles. The average molecular weight is 396 g/mol. The number of nitrogens with one attached hydrogen (secondary N) is 1. The molecule has 0 saturated heterocycles. The minimum atomic E-state index is -0.494. The van der Waals surface area contributed by atoms with Crippen LogP contribution in [0.1, 0.15) is 56.7 Å². The maximum absolute atomic E-state index is 12.4. The van der Waals surface area contributed by atoms with Gasteiger partial charge in [-0.15, -0.1) is 0 Å². The highest BCUT2D eigenvalue weighted by Gasteiger charge is 2.19. The molecule has 2 aromatic carbocycles. The Morgan fingerprint density at radius 3 is 2.66 bits per heavy atom. The van der Waals surface area contributed by atoms with E-state index in [1.54, 1.807) is 0 Å². The molecule has 1 atom stereocenters. The number of hydrogen-bond donors (Lipinski definition) is 1. The van der Waals surface area contributed by atoms with Crippen LogP contribution in [0.5, 0.6) is 11.5 Å². The van der Waals surface area contributed by atoms with E-state index in [9.17, 15) is 4.79 Å². The number of carbonyl (C=O) groups excluding carboxylic acids is 1. The zero-order valence-electron chi connectivity index (χ0n) is 17.9. The number of carbonyl (C=O) groups is 1. The number of fused-ring (bicyclic) bond motifs is 1. The molecule has 29 heavy (non-hydrogen) atoms. The van der Waals surface area contributed by atoms with Gasteiger partial charge in [0.25, 0.3) is 5.91 Å². The molecule has 1 aliphatic rings. The Labute approximate surface area is 174 Å². The molecule has 0 aliphatic heterocycles. The van der Waals surface area contributed by atoms with E-state index in [4.69, 9.17) is 9.47 Å². The molecule has 0 radical (unpaired) electrons. The summed E-state index contributed by atoms with van der Waals surface area (Å²) in [4.78, 5) is 12.4. The van der Waals surface area contributed by atoms with Crippen molar-refractivity contribution >= 4 is 5.91 Å². The molecule has 156 valence electrons. The van der Waals surface area contributed by atoms with Crippen molar-refractivity contribution in [2.75, 3.05) is 6.54 Å². The van der Waals surface area contributed by atoms with Gasteiger partial charge >= 0.3 is 0 Å². The second-order valence-electron chi connectivity index (χ2n) is 8.07. The first-order chi connectivity index (χ1) is 14.0. The zero-order valence-corrected chi connectivity index (χ0v) is 17.9. The first-order valence-corrected chi connectivity index (χ1v) is 10.8. The SMILES string of the molecule is CC(C)Oc1cccc(CCCNC(=O)[C@H](C)Oc2cccc3c2CCCC3)c1. The molecule has 1 aliphatic carbocycles. The smallest absolute Gasteiger partial charge is 0.260 e. The van der Waals surface area contributed by atoms with Crippen LogP contribution in [0.15, 0.2) is 42.5 Å². The highest BCUT2D eigenvalue weighted by Crippen LogP contribution is 2.30. The molecule has 3 rings (SSSR count). The van der Waals surface area contributed by atoms with Gasteiger partial charge in [0.2, 0.25) is 0 Å². The summed E-state index contributed by atoms with van der Waals surface area (Å²) in [5.41, 5.74) is 3.87. The summed E-state index contributed by atoms with van der Waals surface area (Å²) in [6.45, 7) is 6.51. The number of ether oxygens (including phenoxy) is 2. The summed E-state index contributed by atoms with van der Waals surface area (Å²) in [5.74, 6) is 1.71. The van der Waals surface area contributed by atoms with Crippen LogP contribution in [-0.4, -0.2) is 24.7 Å². The van der Waals surface area contributed by atoms with Crippen molar-refractivity contribution in [3.8, 4) is 11.5 Å². The van der Waals surface area contributed by atoms with E-state index in [1.807, 2.05) is 45.0 Å². The first-order valence-electron chi connectivity index (χ1n) is 10.8. The van der Waals surface area contributed by atoms with Gasteiger partial charge in [-0.2, -0.15) is 0 Å². The summed E-state index contributed by atoms with van der Waals surface area (Å²) in [6.07, 6.45) is 6.03. The molecule has 0 aromatic heterocycles. The standard InChI is InChI=1S/C25H33NO3/c1-18(2)28-22-13-6-9-20(17-22)10-8-16-26-25(27)19(3)29-24-15-7-12-21-11-4-5-14-23(21)24/h6-7,9,12-13,15,17-19H,4-5,8,10-11,14,16H2,1-3H3,(H,26,27)/t19-/m0/s1. The number of hydrogen-bond acceptors (Lipinski definition) is 3. The van der Waals surface area contributed by atoms with E-state index in [1.165, 1.54) is 29.5 Å². The molecule has 2 aromatic rings. The van der Waals surface area contributed by atoms with Gasteiger partial charge in [-0.3, -0.25) is 4.79 Å². The summed E-state index contributed by atoms with van der Waals surface area (Å²) >= 11 is 0. The van der Waals surface area contributed by atoms with Crippen LogP contribution in [0.3, 0.4) is 0 Å². The van der Waals surface area contributed by atoms with E-state index in [-0.39, 0.29) is 12.0 Å². The van der Waals surface area contributed by atoms with Gasteiger partial charge in [-0.05, 0) is 94.2 Å². The Balaban J connectivity index is 1.44. The van der Waals surface area contributed by atoms with Crippen LogP contribution in [0, 0.1) is 0 Å². The Morgan fingerprint density at radius 2 is 1.83 bits per heavy atom. The largest absolute Gasteiger partial charge is 0.491 e. The first kappa shape index (κ1) is 21.2. The van der Waals surface area contributed by atoms with Crippen molar-refractivity contribution in [2.45, 2.75) is 71.5 Å². The van der Waals surface area contributed by atoms with E-state index < -0.39 is 6.10 Å². The summed E-state index contributed by atoms with van der Waals surface area (Å²) in [5, 5.41) is 3.00. The van der Waals surface area contributed by atoms with E-state index in [2.05, 4.69) is 23.5 Å². The molecule has 0 unspecified atom stereocenters. The Kier molecular flexibility index (Phi) is 7.56. The molecule has 1 N–H and O–H groups in total. The Morgan fingerprint density at radius 1 is 1.03 bits per heavy atom. The quantitative estimate of drug-likeness (QED) is 0.616. The van der Waals surface area contributed by atoms with Crippen LogP contribution < -0.4 is 14.8 Å². The maximum Gasteiger partial charge on any atom is 0.260 e. The number of aryl methyl sites for hydroxylation is 2. The molecule has 0 fully saturated rings. The molecular weight excluding hydrogens is 362 g/mol. The predicted molar refractivity (Wildman–Crippen MR) is 117 cm³/mol. The molecule has 1 amide bonds. The normalized spacial score (nSPS) is 14.2. The maximum atomic E-state index is 12.4. The molecule has 4 heteroatoms. The third-order valence-corrected chi connectivity index (χ3v) is 5.24. The van der Waals surface area contributed by atoms with Crippen molar-refractivity contribution in [3.05, 3.63) is 59.2 Å². The van der Waals surface area contributed by atoms with Crippen molar-refractivity contribution in [1.82, 2.24) is 5.32 Å². The molecular formula is C25H33NO3. The van der Waals surface area contributed by atoms with Gasteiger partial charge in [0.15, 0.2) is 6.10 Å². The average Bonchev–Trinajstić information content (AvgIpc) is 2.71. The predicted octanol–water partition coefficient (Wildman–Crippen LogP) is 4.87. The molecule has 0 saturated carbocycles. The minimum absolute atomic E-state index is 0.0599. The fourth-order valence-corrected chi connectivity index (χ4v) is 3.79. The van der Waals surface area contributed by atoms with Crippen molar-refractivity contribution < 1.29 is 14.3 Å². The van der Waals surface area contributed by atoms with Gasteiger partial charge < -0.3 is 14.8 Å². The van der Waals surface area contributed by atoms with Gasteiger partial charge in [-0.25, -0.2) is 0 Å². The lowest BCUT2D eigenvalue weighted by molar-refractivity contribution is -0.127.